The number of amidine groups is 1. The number of carboxylic acids is 1. The Kier molecular flexibility index (Phi) is 8.84. The number of carbonyl (C=O) groups is 3. The van der Waals surface area contributed by atoms with Crippen molar-refractivity contribution in [3.63, 3.8) is 0 Å². The molecule has 2 amide bonds. The van der Waals surface area contributed by atoms with Gasteiger partial charge in [0.15, 0.2) is 5.17 Å². The third-order valence-corrected chi connectivity index (χ3v) is 8.25. The highest BCUT2D eigenvalue weighted by atomic mass is 32.2. The lowest BCUT2D eigenvalue weighted by molar-refractivity contribution is -0.147. The second-order valence-corrected chi connectivity index (χ2v) is 11.1. The number of aliphatic carboxylic acids is 1. The second kappa shape index (κ2) is 12.9. The molecule has 3 aromatic carbocycles. The predicted octanol–water partition coefficient (Wildman–Crippen LogP) is 6.57. The molecule has 41 heavy (non-hydrogen) atoms. The summed E-state index contributed by atoms with van der Waals surface area (Å²) in [6.07, 6.45) is 8.43. The van der Waals surface area contributed by atoms with Crippen LogP contribution in [0.25, 0.3) is 6.08 Å². The Hall–Kier alpha value is -4.37. The van der Waals surface area contributed by atoms with E-state index >= 15 is 0 Å². The van der Waals surface area contributed by atoms with Gasteiger partial charge in [0.2, 0.25) is 0 Å². The van der Waals surface area contributed by atoms with Gasteiger partial charge in [-0.25, -0.2) is 9.79 Å². The van der Waals surface area contributed by atoms with E-state index in [-0.39, 0.29) is 5.91 Å². The minimum Gasteiger partial charge on any atom is -0.489 e. The summed E-state index contributed by atoms with van der Waals surface area (Å²) in [5, 5.41) is 11.5. The summed E-state index contributed by atoms with van der Waals surface area (Å²) in [6, 6.07) is 22.8. The zero-order valence-corrected chi connectivity index (χ0v) is 23.5. The van der Waals surface area contributed by atoms with E-state index in [1.807, 2.05) is 30.3 Å². The molecule has 210 valence electrons. The first-order valence-corrected chi connectivity index (χ1v) is 14.4. The van der Waals surface area contributed by atoms with Crippen molar-refractivity contribution in [2.45, 2.75) is 44.6 Å². The fourth-order valence-corrected chi connectivity index (χ4v) is 5.85. The van der Waals surface area contributed by atoms with E-state index in [4.69, 9.17) is 9.84 Å². The van der Waals surface area contributed by atoms with Crippen LogP contribution >= 0.6 is 11.8 Å². The van der Waals surface area contributed by atoms with Gasteiger partial charge in [-0.15, -0.1) is 0 Å². The normalized spacial score (nSPS) is 17.7. The van der Waals surface area contributed by atoms with Gasteiger partial charge in [0.05, 0.1) is 10.6 Å². The van der Waals surface area contributed by atoms with E-state index in [2.05, 4.69) is 34.6 Å². The van der Waals surface area contributed by atoms with Crippen LogP contribution in [0.4, 0.5) is 11.4 Å². The molecule has 0 aromatic heterocycles. The highest BCUT2D eigenvalue weighted by molar-refractivity contribution is 8.18. The van der Waals surface area contributed by atoms with Crippen LogP contribution in [0.2, 0.25) is 0 Å². The fourth-order valence-electron chi connectivity index (χ4n) is 4.87. The molecule has 0 bridgehead atoms. The van der Waals surface area contributed by atoms with Gasteiger partial charge in [-0.2, -0.15) is 0 Å². The largest absolute Gasteiger partial charge is 0.489 e. The lowest BCUT2D eigenvalue weighted by Crippen LogP contribution is -2.23. The smallest absolute Gasteiger partial charge is 0.394 e. The van der Waals surface area contributed by atoms with E-state index in [9.17, 15) is 14.4 Å². The fraction of sp³-hybridized carbons (Fsp3) is 0.250. The molecule has 8 nitrogen and oxygen atoms in total. The number of thioether (sulfide) groups is 1. The Morgan fingerprint density at radius 2 is 1.68 bits per heavy atom. The van der Waals surface area contributed by atoms with Crippen LogP contribution < -0.4 is 10.1 Å². The van der Waals surface area contributed by atoms with E-state index < -0.39 is 11.9 Å². The van der Waals surface area contributed by atoms with Crippen LogP contribution in [0, 0.1) is 0 Å². The Labute approximate surface area is 243 Å². The van der Waals surface area contributed by atoms with E-state index in [1.54, 1.807) is 31.3 Å². The topological polar surface area (TPSA) is 108 Å². The van der Waals surface area contributed by atoms with Crippen molar-refractivity contribution in [2.24, 2.45) is 4.99 Å². The highest BCUT2D eigenvalue weighted by Gasteiger charge is 2.30. The van der Waals surface area contributed by atoms with E-state index in [1.165, 1.54) is 54.3 Å². The zero-order valence-electron chi connectivity index (χ0n) is 22.7. The number of carboxylic acid groups (broad SMARTS) is 1. The number of carbonyl (C=O) groups excluding carboxylic acids is 2. The van der Waals surface area contributed by atoms with Gasteiger partial charge in [0.25, 0.3) is 5.91 Å². The van der Waals surface area contributed by atoms with Gasteiger partial charge in [0.1, 0.15) is 12.4 Å². The molecule has 1 aliphatic heterocycles. The third-order valence-electron chi connectivity index (χ3n) is 7.19. The number of hydrogen-bond acceptors (Lipinski definition) is 6. The molecule has 0 radical (unpaired) electrons. The first-order valence-electron chi connectivity index (χ1n) is 13.6. The molecule has 5 rings (SSSR count). The number of aliphatic imine (C=N–C) groups is 1. The van der Waals surface area contributed by atoms with Gasteiger partial charge in [-0.3, -0.25) is 14.5 Å². The molecule has 1 saturated heterocycles. The van der Waals surface area contributed by atoms with Crippen molar-refractivity contribution in [1.29, 1.82) is 0 Å². The molecule has 1 aliphatic carbocycles. The first-order chi connectivity index (χ1) is 19.9. The predicted molar refractivity (Wildman–Crippen MR) is 161 cm³/mol. The van der Waals surface area contributed by atoms with Crippen molar-refractivity contribution in [3.8, 4) is 5.75 Å². The molecular formula is C32H31N3O5S. The number of likely N-dealkylation sites (N-methyl/N-ethyl adjacent to an activating group) is 1. The molecule has 9 heteroatoms. The molecular weight excluding hydrogens is 538 g/mol. The monoisotopic (exact) mass is 569 g/mol. The molecule has 3 aromatic rings. The maximum atomic E-state index is 12.8. The SMILES string of the molecule is CN1C(=O)/C(=C/c2ccc(OCc3ccc(C4CCCCC4)cc3)cc2)SC1=Nc1ccc(NC(=O)C(=O)O)cc1. The minimum atomic E-state index is -1.56. The van der Waals surface area contributed by atoms with Crippen LogP contribution in [0.1, 0.15) is 54.7 Å². The number of benzene rings is 3. The Bertz CT molecular complexity index is 1480. The van der Waals surface area contributed by atoms with Crippen LogP contribution in [-0.4, -0.2) is 40.0 Å². The summed E-state index contributed by atoms with van der Waals surface area (Å²) in [4.78, 5) is 41.4. The van der Waals surface area contributed by atoms with Crippen LogP contribution in [0.15, 0.2) is 82.7 Å². The highest BCUT2D eigenvalue weighted by Crippen LogP contribution is 2.34. The number of nitrogens with zero attached hydrogens (tertiary/aromatic N) is 2. The average Bonchev–Trinajstić information content (AvgIpc) is 3.25. The van der Waals surface area contributed by atoms with Crippen molar-refractivity contribution in [2.75, 3.05) is 12.4 Å². The zero-order chi connectivity index (χ0) is 28.8. The summed E-state index contributed by atoms with van der Waals surface area (Å²) in [5.74, 6) is -1.38. The van der Waals surface area contributed by atoms with E-state index in [0.29, 0.717) is 34.0 Å². The molecule has 0 spiro atoms. The summed E-state index contributed by atoms with van der Waals surface area (Å²) in [5.41, 5.74) is 4.35. The number of nitrogens with one attached hydrogen (secondary N) is 1. The van der Waals surface area contributed by atoms with Crippen molar-refractivity contribution in [1.82, 2.24) is 4.90 Å². The number of rotatable bonds is 7. The number of anilines is 1. The quantitative estimate of drug-likeness (QED) is 0.246. The molecule has 2 fully saturated rings. The van der Waals surface area contributed by atoms with Crippen LogP contribution in [0.3, 0.4) is 0 Å². The van der Waals surface area contributed by atoms with E-state index in [0.717, 1.165) is 16.9 Å². The first kappa shape index (κ1) is 28.2. The lowest BCUT2D eigenvalue weighted by Gasteiger charge is -2.22. The van der Waals surface area contributed by atoms with Gasteiger partial charge < -0.3 is 15.2 Å². The molecule has 0 atom stereocenters. The maximum Gasteiger partial charge on any atom is 0.394 e. The Morgan fingerprint density at radius 3 is 2.34 bits per heavy atom. The number of hydrogen-bond donors (Lipinski definition) is 2. The summed E-state index contributed by atoms with van der Waals surface area (Å²) >= 11 is 1.27. The molecule has 2 N–H and O–H groups in total. The molecule has 1 saturated carbocycles. The average molecular weight is 570 g/mol. The lowest BCUT2D eigenvalue weighted by atomic mass is 9.84. The minimum absolute atomic E-state index is 0.156. The summed E-state index contributed by atoms with van der Waals surface area (Å²) in [7, 11) is 1.66. The van der Waals surface area contributed by atoms with Crippen LogP contribution in [-0.2, 0) is 21.0 Å². The molecule has 1 heterocycles. The third kappa shape index (κ3) is 7.24. The number of ether oxygens (including phenoxy) is 1. The van der Waals surface area contributed by atoms with Crippen molar-refractivity contribution in [3.05, 3.63) is 94.4 Å². The van der Waals surface area contributed by atoms with Gasteiger partial charge in [-0.05, 0) is 89.7 Å². The second-order valence-electron chi connectivity index (χ2n) is 10.1. The Morgan fingerprint density at radius 1 is 1.00 bits per heavy atom. The molecule has 2 aliphatic rings. The van der Waals surface area contributed by atoms with Gasteiger partial charge >= 0.3 is 11.9 Å². The van der Waals surface area contributed by atoms with Gasteiger partial charge in [0, 0.05) is 12.7 Å². The van der Waals surface area contributed by atoms with Crippen molar-refractivity contribution < 1.29 is 24.2 Å². The Balaban J connectivity index is 1.17. The summed E-state index contributed by atoms with van der Waals surface area (Å²) < 4.78 is 5.99. The van der Waals surface area contributed by atoms with Crippen LogP contribution in [0.5, 0.6) is 5.75 Å². The van der Waals surface area contributed by atoms with Crippen molar-refractivity contribution >= 4 is 52.2 Å². The molecule has 0 unspecified atom stereocenters. The summed E-state index contributed by atoms with van der Waals surface area (Å²) in [6.45, 7) is 0.497. The maximum absolute atomic E-state index is 12.8. The van der Waals surface area contributed by atoms with Gasteiger partial charge in [-0.1, -0.05) is 55.7 Å². The standard InChI is InChI=1S/C32H31N3O5S/c1-35-30(37)28(41-32(35)34-26-15-13-25(14-16-26)33-29(36)31(38)39)19-21-9-17-27(18-10-21)40-20-22-7-11-24(12-8-22)23-5-3-2-4-6-23/h7-19,23H,2-6,20H2,1H3,(H,33,36)(H,38,39)/b28-19-,34-32?. The number of amides is 2.